The number of ether oxygens (including phenoxy) is 2. The molecule has 1 N–H and O–H groups in total. The number of likely N-dealkylation sites (N-methyl/N-ethyl adjacent to an activating group) is 1. The van der Waals surface area contributed by atoms with E-state index in [1.165, 1.54) is 4.90 Å². The molecule has 0 aromatic heterocycles. The Kier molecular flexibility index (Phi) is 8.48. The third-order valence-electron chi connectivity index (χ3n) is 6.52. The van der Waals surface area contributed by atoms with E-state index in [0.29, 0.717) is 43.4 Å². The molecule has 0 radical (unpaired) electrons. The van der Waals surface area contributed by atoms with Crippen molar-refractivity contribution in [3.05, 3.63) is 101 Å². The number of hydrogen-bond acceptors (Lipinski definition) is 6. The first-order chi connectivity index (χ1) is 18.3. The molecular formula is C31H34N2O5. The molecular weight excluding hydrogens is 480 g/mol. The number of carbonyl (C=O) groups excluding carboxylic acids is 2. The number of aryl methyl sites for hydroxylation is 1. The second kappa shape index (κ2) is 12.0. The Morgan fingerprint density at radius 3 is 2.32 bits per heavy atom. The lowest BCUT2D eigenvalue weighted by Gasteiger charge is -2.26. The maximum Gasteiger partial charge on any atom is 0.295 e. The summed E-state index contributed by atoms with van der Waals surface area (Å²) in [5.74, 6) is -0.135. The van der Waals surface area contributed by atoms with Crippen LogP contribution >= 0.6 is 0 Å². The molecule has 1 atom stereocenters. The predicted octanol–water partition coefficient (Wildman–Crippen LogP) is 4.96. The van der Waals surface area contributed by atoms with E-state index in [0.717, 1.165) is 16.7 Å². The highest BCUT2D eigenvalue weighted by molar-refractivity contribution is 6.46. The highest BCUT2D eigenvalue weighted by atomic mass is 16.5. The summed E-state index contributed by atoms with van der Waals surface area (Å²) < 4.78 is 11.5. The number of aliphatic hydroxyl groups excluding tert-OH is 1. The Labute approximate surface area is 223 Å². The van der Waals surface area contributed by atoms with Crippen molar-refractivity contribution in [2.45, 2.75) is 26.5 Å². The molecule has 7 nitrogen and oxygen atoms in total. The van der Waals surface area contributed by atoms with Gasteiger partial charge in [0.1, 0.15) is 23.9 Å². The van der Waals surface area contributed by atoms with Gasteiger partial charge in [-0.05, 0) is 75.0 Å². The van der Waals surface area contributed by atoms with E-state index in [-0.39, 0.29) is 11.3 Å². The average Bonchev–Trinajstić information content (AvgIpc) is 3.17. The van der Waals surface area contributed by atoms with Crippen molar-refractivity contribution in [1.82, 2.24) is 9.80 Å². The Balaban J connectivity index is 1.69. The predicted molar refractivity (Wildman–Crippen MR) is 147 cm³/mol. The van der Waals surface area contributed by atoms with Crippen molar-refractivity contribution < 1.29 is 24.2 Å². The standard InChI is InChI=1S/C31H34N2O5/c1-5-37-25-14-11-23(12-15-25)28-27(30(35)31(36)33(28)18-17-32(3)4)29(34)24-13-16-26(21(2)19-24)38-20-22-9-7-6-8-10-22/h6-16,19,28,34H,5,17-18,20H2,1-4H3/t28-/m0/s1. The summed E-state index contributed by atoms with van der Waals surface area (Å²) in [7, 11) is 3.82. The molecule has 1 saturated heterocycles. The largest absolute Gasteiger partial charge is 0.507 e. The Morgan fingerprint density at radius 2 is 1.68 bits per heavy atom. The van der Waals surface area contributed by atoms with Crippen LogP contribution in [0.25, 0.3) is 5.76 Å². The second-order valence-corrected chi connectivity index (χ2v) is 9.55. The van der Waals surface area contributed by atoms with Gasteiger partial charge >= 0.3 is 0 Å². The molecule has 4 rings (SSSR count). The lowest BCUT2D eigenvalue weighted by Crippen LogP contribution is -2.35. The van der Waals surface area contributed by atoms with Gasteiger partial charge in [0.25, 0.3) is 11.7 Å². The summed E-state index contributed by atoms with van der Waals surface area (Å²) in [5.41, 5.74) is 3.12. The molecule has 1 aliphatic heterocycles. The average molecular weight is 515 g/mol. The van der Waals surface area contributed by atoms with Crippen LogP contribution in [-0.4, -0.2) is 60.4 Å². The topological polar surface area (TPSA) is 79.3 Å². The van der Waals surface area contributed by atoms with Crippen molar-refractivity contribution >= 4 is 17.4 Å². The fourth-order valence-corrected chi connectivity index (χ4v) is 4.53. The molecule has 1 fully saturated rings. The van der Waals surface area contributed by atoms with Gasteiger partial charge in [-0.3, -0.25) is 9.59 Å². The number of benzene rings is 3. The Bertz CT molecular complexity index is 1320. The second-order valence-electron chi connectivity index (χ2n) is 9.55. The lowest BCUT2D eigenvalue weighted by atomic mass is 9.94. The zero-order chi connectivity index (χ0) is 27.2. The minimum Gasteiger partial charge on any atom is -0.507 e. The smallest absolute Gasteiger partial charge is 0.295 e. The van der Waals surface area contributed by atoms with Gasteiger partial charge in [0.2, 0.25) is 0 Å². The molecule has 0 spiro atoms. The van der Waals surface area contributed by atoms with Crippen LogP contribution in [0.4, 0.5) is 0 Å². The molecule has 1 heterocycles. The van der Waals surface area contributed by atoms with E-state index in [1.807, 2.05) is 87.4 Å². The quantitative estimate of drug-likeness (QED) is 0.234. The molecule has 38 heavy (non-hydrogen) atoms. The van der Waals surface area contributed by atoms with Gasteiger partial charge in [0, 0.05) is 18.7 Å². The third kappa shape index (κ3) is 5.89. The third-order valence-corrected chi connectivity index (χ3v) is 6.52. The number of likely N-dealkylation sites (tertiary alicyclic amines) is 1. The van der Waals surface area contributed by atoms with Crippen LogP contribution in [0.2, 0.25) is 0 Å². The van der Waals surface area contributed by atoms with Crippen LogP contribution in [-0.2, 0) is 16.2 Å². The molecule has 0 saturated carbocycles. The molecule has 198 valence electrons. The number of amides is 1. The first-order valence-electron chi connectivity index (χ1n) is 12.7. The number of Topliss-reactive ketones (excluding diaryl/α,β-unsaturated/α-hetero) is 1. The normalized spacial score (nSPS) is 16.8. The summed E-state index contributed by atoms with van der Waals surface area (Å²) in [5, 5.41) is 11.4. The maximum atomic E-state index is 13.3. The van der Waals surface area contributed by atoms with Gasteiger partial charge < -0.3 is 24.4 Å². The fourth-order valence-electron chi connectivity index (χ4n) is 4.53. The van der Waals surface area contributed by atoms with Crippen molar-refractivity contribution in [2.24, 2.45) is 0 Å². The minimum atomic E-state index is -0.708. The zero-order valence-corrected chi connectivity index (χ0v) is 22.3. The van der Waals surface area contributed by atoms with Crippen LogP contribution in [0.5, 0.6) is 11.5 Å². The van der Waals surface area contributed by atoms with Crippen molar-refractivity contribution in [3.8, 4) is 11.5 Å². The molecule has 1 aliphatic rings. The molecule has 3 aromatic rings. The van der Waals surface area contributed by atoms with Gasteiger partial charge in [-0.2, -0.15) is 0 Å². The SMILES string of the molecule is CCOc1ccc([C@H]2C(=C(O)c3ccc(OCc4ccccc4)c(C)c3)C(=O)C(=O)N2CCN(C)C)cc1. The van der Waals surface area contributed by atoms with Gasteiger partial charge in [0.15, 0.2) is 0 Å². The van der Waals surface area contributed by atoms with Crippen LogP contribution in [0, 0.1) is 6.92 Å². The van der Waals surface area contributed by atoms with Crippen molar-refractivity contribution in [3.63, 3.8) is 0 Å². The van der Waals surface area contributed by atoms with E-state index in [2.05, 4.69) is 0 Å². The molecule has 0 bridgehead atoms. The summed E-state index contributed by atoms with van der Waals surface area (Å²) in [6.45, 7) is 5.66. The van der Waals surface area contributed by atoms with Crippen molar-refractivity contribution in [2.75, 3.05) is 33.8 Å². The number of hydrogen-bond donors (Lipinski definition) is 1. The van der Waals surface area contributed by atoms with E-state index in [1.54, 1.807) is 18.2 Å². The highest BCUT2D eigenvalue weighted by Crippen LogP contribution is 2.40. The van der Waals surface area contributed by atoms with Gasteiger partial charge in [0.05, 0.1) is 18.2 Å². The minimum absolute atomic E-state index is 0.0790. The molecule has 0 unspecified atom stereocenters. The number of rotatable bonds is 10. The first kappa shape index (κ1) is 26.9. The number of aliphatic hydroxyl groups is 1. The lowest BCUT2D eigenvalue weighted by molar-refractivity contribution is -0.140. The van der Waals surface area contributed by atoms with Crippen molar-refractivity contribution in [1.29, 1.82) is 0 Å². The van der Waals surface area contributed by atoms with Gasteiger partial charge in [-0.25, -0.2) is 0 Å². The molecule has 3 aromatic carbocycles. The highest BCUT2D eigenvalue weighted by Gasteiger charge is 2.45. The van der Waals surface area contributed by atoms with E-state index in [4.69, 9.17) is 9.47 Å². The number of ketones is 1. The van der Waals surface area contributed by atoms with E-state index in [9.17, 15) is 14.7 Å². The summed E-state index contributed by atoms with van der Waals surface area (Å²) in [6.07, 6.45) is 0. The zero-order valence-electron chi connectivity index (χ0n) is 22.3. The first-order valence-corrected chi connectivity index (χ1v) is 12.7. The van der Waals surface area contributed by atoms with E-state index >= 15 is 0 Å². The van der Waals surface area contributed by atoms with E-state index < -0.39 is 17.7 Å². The molecule has 7 heteroatoms. The Hall–Kier alpha value is -4.10. The van der Waals surface area contributed by atoms with Gasteiger partial charge in [-0.1, -0.05) is 42.5 Å². The van der Waals surface area contributed by atoms with Gasteiger partial charge in [-0.15, -0.1) is 0 Å². The molecule has 1 amide bonds. The summed E-state index contributed by atoms with van der Waals surface area (Å²) in [4.78, 5) is 29.9. The fraction of sp³-hybridized carbons (Fsp3) is 0.290. The summed E-state index contributed by atoms with van der Waals surface area (Å²) >= 11 is 0. The maximum absolute atomic E-state index is 13.3. The van der Waals surface area contributed by atoms with Crippen LogP contribution < -0.4 is 9.47 Å². The number of nitrogens with zero attached hydrogens (tertiary/aromatic N) is 2. The van der Waals surface area contributed by atoms with Crippen LogP contribution in [0.15, 0.2) is 78.4 Å². The monoisotopic (exact) mass is 514 g/mol. The number of carbonyl (C=O) groups is 2. The molecule has 0 aliphatic carbocycles. The Morgan fingerprint density at radius 1 is 0.974 bits per heavy atom. The van der Waals surface area contributed by atoms with Crippen LogP contribution in [0.3, 0.4) is 0 Å². The summed E-state index contributed by atoms with van der Waals surface area (Å²) in [6, 6.07) is 21.7. The van der Waals surface area contributed by atoms with Crippen LogP contribution in [0.1, 0.15) is 35.2 Å².